The first-order valence-electron chi connectivity index (χ1n) is 20.8. The minimum atomic E-state index is -0.226. The van der Waals surface area contributed by atoms with Gasteiger partial charge in [0.05, 0.1) is 5.52 Å². The van der Waals surface area contributed by atoms with E-state index in [1.807, 2.05) is 18.3 Å². The van der Waals surface area contributed by atoms with Crippen LogP contribution in [0.15, 0.2) is 121 Å². The first kappa shape index (κ1) is 44.6. The monoisotopic (exact) mass is 767 g/mol. The standard InChI is InChI=1S/C48H58N4O2.C3H8/c1-7-40-44(29-43(37-17-12-8-9-13-18-37)38-19-14-10-11-15-20-38)47-42(21-16-28-50-47)41(45(40)33-52(6)32-36-24-22-35(2)23-25-36)27-26-39(31-49-34-53)51-46(54)30-48(3,4)5;1-3-2/h7-10,12,14-25,28,34,39,43H,1,11,13,26-27,29-33H2,2-6H3,(H,49,53)(H,51,54);3H2,1-2H3. The predicted molar refractivity (Wildman–Crippen MR) is 242 cm³/mol. The first-order valence-corrected chi connectivity index (χ1v) is 20.8. The molecule has 6 heteroatoms. The summed E-state index contributed by atoms with van der Waals surface area (Å²) in [4.78, 5) is 32.0. The van der Waals surface area contributed by atoms with Crippen LogP contribution in [-0.2, 0) is 35.5 Å². The van der Waals surface area contributed by atoms with E-state index in [9.17, 15) is 9.59 Å². The molecule has 1 aromatic heterocycles. The Balaban J connectivity index is 0.00000232. The maximum Gasteiger partial charge on any atom is 0.220 e. The van der Waals surface area contributed by atoms with Crippen molar-refractivity contribution in [2.75, 3.05) is 13.6 Å². The Kier molecular flexibility index (Phi) is 17.7. The van der Waals surface area contributed by atoms with Gasteiger partial charge in [0.15, 0.2) is 0 Å². The van der Waals surface area contributed by atoms with E-state index in [4.69, 9.17) is 4.98 Å². The molecule has 0 radical (unpaired) electrons. The number of benzene rings is 2. The Hall–Kier alpha value is -5.07. The van der Waals surface area contributed by atoms with Gasteiger partial charge in [0, 0.05) is 49.6 Å². The van der Waals surface area contributed by atoms with Crippen LogP contribution in [0, 0.1) is 18.3 Å². The van der Waals surface area contributed by atoms with Crippen LogP contribution >= 0.6 is 0 Å². The summed E-state index contributed by atoms with van der Waals surface area (Å²) in [6.45, 7) is 18.9. The van der Waals surface area contributed by atoms with Gasteiger partial charge in [-0.15, -0.1) is 0 Å². The van der Waals surface area contributed by atoms with Gasteiger partial charge in [0.2, 0.25) is 12.3 Å². The topological polar surface area (TPSA) is 74.3 Å². The Morgan fingerprint density at radius 2 is 1.70 bits per heavy atom. The highest BCUT2D eigenvalue weighted by Crippen LogP contribution is 2.38. The van der Waals surface area contributed by atoms with Crippen LogP contribution < -0.4 is 10.6 Å². The van der Waals surface area contributed by atoms with Gasteiger partial charge in [-0.2, -0.15) is 0 Å². The maximum atomic E-state index is 13.1. The summed E-state index contributed by atoms with van der Waals surface area (Å²) in [7, 11) is 2.18. The summed E-state index contributed by atoms with van der Waals surface area (Å²) < 4.78 is 0. The second-order valence-corrected chi connectivity index (χ2v) is 16.6. The summed E-state index contributed by atoms with van der Waals surface area (Å²) in [5.41, 5.74) is 10.7. The Morgan fingerprint density at radius 3 is 2.42 bits per heavy atom. The van der Waals surface area contributed by atoms with Crippen LogP contribution in [0.25, 0.3) is 17.0 Å². The molecular weight excluding hydrogens is 701 g/mol. The minimum absolute atomic E-state index is 0.00766. The highest BCUT2D eigenvalue weighted by molar-refractivity contribution is 5.90. The number of pyridine rings is 1. The highest BCUT2D eigenvalue weighted by atomic mass is 16.1. The smallest absolute Gasteiger partial charge is 0.220 e. The SMILES string of the molecule is C=Cc1c(CN(C)Cc2ccc(C)cc2)c(CCC(CNC=O)NC(=O)CC(C)(C)C)c2cccnc2c1CC(C1=CC=CCC=C1)C1=CCC=CC=C1.CCC. The fourth-order valence-electron chi connectivity index (χ4n) is 7.58. The number of rotatable bonds is 17. The van der Waals surface area contributed by atoms with Gasteiger partial charge in [0.25, 0.3) is 0 Å². The second-order valence-electron chi connectivity index (χ2n) is 16.6. The molecule has 0 bridgehead atoms. The van der Waals surface area contributed by atoms with Crippen LogP contribution in [0.3, 0.4) is 0 Å². The number of hydrogen-bond acceptors (Lipinski definition) is 4. The molecule has 2 amide bonds. The van der Waals surface area contributed by atoms with Gasteiger partial charge in [-0.3, -0.25) is 19.5 Å². The van der Waals surface area contributed by atoms with E-state index in [2.05, 4.69) is 162 Å². The number of aryl methyl sites for hydroxylation is 2. The minimum Gasteiger partial charge on any atom is -0.357 e. The Morgan fingerprint density at radius 1 is 0.947 bits per heavy atom. The number of hydrogen-bond donors (Lipinski definition) is 2. The molecule has 6 nitrogen and oxygen atoms in total. The quantitative estimate of drug-likeness (QED) is 0.134. The highest BCUT2D eigenvalue weighted by Gasteiger charge is 2.26. The number of nitrogens with zero attached hydrogens (tertiary/aromatic N) is 2. The zero-order valence-electron chi connectivity index (χ0n) is 35.6. The van der Waals surface area contributed by atoms with Crippen molar-refractivity contribution in [3.8, 4) is 0 Å². The molecule has 2 aliphatic carbocycles. The van der Waals surface area contributed by atoms with Crippen LogP contribution in [0.5, 0.6) is 0 Å². The van der Waals surface area contributed by atoms with Crippen molar-refractivity contribution in [2.45, 2.75) is 106 Å². The number of fused-ring (bicyclic) bond motifs is 1. The lowest BCUT2D eigenvalue weighted by molar-refractivity contribution is -0.123. The van der Waals surface area contributed by atoms with Crippen molar-refractivity contribution in [1.29, 1.82) is 0 Å². The molecule has 57 heavy (non-hydrogen) atoms. The molecule has 2 N–H and O–H groups in total. The largest absolute Gasteiger partial charge is 0.357 e. The second kappa shape index (κ2) is 22.6. The lowest BCUT2D eigenvalue weighted by atomic mass is 9.79. The normalized spacial score (nSPS) is 14.8. The average Bonchev–Trinajstić information content (AvgIpc) is 3.62. The number of carbonyl (C=O) groups is 2. The van der Waals surface area contributed by atoms with Gasteiger partial charge < -0.3 is 10.6 Å². The molecule has 0 saturated heterocycles. The van der Waals surface area contributed by atoms with E-state index in [1.54, 1.807) is 0 Å². The van der Waals surface area contributed by atoms with E-state index in [0.717, 1.165) is 42.3 Å². The fraction of sp³-hybridized carbons (Fsp3) is 0.392. The summed E-state index contributed by atoms with van der Waals surface area (Å²) in [6, 6.07) is 12.8. The third kappa shape index (κ3) is 13.8. The van der Waals surface area contributed by atoms with Crippen LogP contribution in [0.4, 0.5) is 0 Å². The van der Waals surface area contributed by atoms with Crippen molar-refractivity contribution in [3.05, 3.63) is 154 Å². The Bertz CT molecular complexity index is 1990. The number of nitrogens with one attached hydrogen (secondary N) is 2. The molecule has 0 saturated carbocycles. The van der Waals surface area contributed by atoms with Gasteiger partial charge in [-0.05, 0) is 96.5 Å². The maximum absolute atomic E-state index is 13.1. The summed E-state index contributed by atoms with van der Waals surface area (Å²) >= 11 is 0. The molecule has 1 heterocycles. The molecule has 2 aliphatic rings. The molecule has 5 rings (SSSR count). The third-order valence-electron chi connectivity index (χ3n) is 10.1. The summed E-state index contributed by atoms with van der Waals surface area (Å²) in [5.74, 6) is 0.108. The van der Waals surface area contributed by atoms with Crippen molar-refractivity contribution in [2.24, 2.45) is 11.3 Å². The number of allylic oxidation sites excluding steroid dienone is 12. The lowest BCUT2D eigenvalue weighted by Gasteiger charge is -2.28. The number of amides is 2. The molecule has 2 unspecified atom stereocenters. The van der Waals surface area contributed by atoms with E-state index in [-0.39, 0.29) is 23.3 Å². The molecule has 302 valence electrons. The van der Waals surface area contributed by atoms with E-state index >= 15 is 0 Å². The van der Waals surface area contributed by atoms with Gasteiger partial charge in [0.1, 0.15) is 0 Å². The van der Waals surface area contributed by atoms with Gasteiger partial charge in [-0.1, -0.05) is 150 Å². The number of carbonyl (C=O) groups excluding carboxylic acids is 2. The molecular formula is C51H66N4O2. The molecule has 0 aliphatic heterocycles. The van der Waals surface area contributed by atoms with Crippen molar-refractivity contribution in [3.63, 3.8) is 0 Å². The fourth-order valence-corrected chi connectivity index (χ4v) is 7.58. The van der Waals surface area contributed by atoms with Crippen molar-refractivity contribution < 1.29 is 9.59 Å². The molecule has 3 aromatic rings. The molecule has 2 aromatic carbocycles. The van der Waals surface area contributed by atoms with Crippen LogP contribution in [-0.4, -0.2) is 41.8 Å². The van der Waals surface area contributed by atoms with Crippen LogP contribution in [0.2, 0.25) is 0 Å². The first-order chi connectivity index (χ1) is 27.5. The number of aromatic nitrogens is 1. The van der Waals surface area contributed by atoms with E-state index in [1.165, 1.54) is 45.4 Å². The average molecular weight is 767 g/mol. The van der Waals surface area contributed by atoms with E-state index < -0.39 is 0 Å². The van der Waals surface area contributed by atoms with Gasteiger partial charge in [-0.25, -0.2) is 0 Å². The van der Waals surface area contributed by atoms with Crippen LogP contribution in [0.1, 0.15) is 100 Å². The van der Waals surface area contributed by atoms with E-state index in [0.29, 0.717) is 38.8 Å². The lowest BCUT2D eigenvalue weighted by Crippen LogP contribution is -2.43. The predicted octanol–water partition coefficient (Wildman–Crippen LogP) is 10.9. The zero-order valence-corrected chi connectivity index (χ0v) is 35.6. The molecule has 0 spiro atoms. The molecule has 2 atom stereocenters. The zero-order chi connectivity index (χ0) is 41.2. The van der Waals surface area contributed by atoms with Gasteiger partial charge >= 0.3 is 0 Å². The van der Waals surface area contributed by atoms with Crippen molar-refractivity contribution in [1.82, 2.24) is 20.5 Å². The van der Waals surface area contributed by atoms with Crippen molar-refractivity contribution >= 4 is 29.3 Å². The molecule has 0 fully saturated rings. The Labute approximate surface area is 343 Å². The summed E-state index contributed by atoms with van der Waals surface area (Å²) in [5, 5.41) is 7.18. The third-order valence-corrected chi connectivity index (χ3v) is 10.1. The summed E-state index contributed by atoms with van der Waals surface area (Å²) in [6.07, 6.45) is 32.5.